The smallest absolute Gasteiger partial charge is 0.231 e. The molecule has 3 rings (SSSR count). The minimum absolute atomic E-state index is 0.347. The molecule has 2 atom stereocenters. The monoisotopic (exact) mass is 229 g/mol. The van der Waals surface area contributed by atoms with Crippen LogP contribution in [0.2, 0.25) is 0 Å². The zero-order valence-electron chi connectivity index (χ0n) is 9.76. The van der Waals surface area contributed by atoms with Gasteiger partial charge >= 0.3 is 0 Å². The maximum Gasteiger partial charge on any atom is 0.231 e. The highest BCUT2D eigenvalue weighted by molar-refractivity contribution is 5.53. The molecule has 0 saturated carbocycles. The standard InChI is InChI=1S/C13H15N3O/c1-9-7-14-8-11(9)13-15-12(16-17-13)10-5-3-2-4-6-10/h2-6,9,11,14H,7-8H2,1H3. The molecule has 0 bridgehead atoms. The van der Waals surface area contributed by atoms with E-state index < -0.39 is 0 Å². The third kappa shape index (κ3) is 1.96. The van der Waals surface area contributed by atoms with E-state index in [-0.39, 0.29) is 0 Å². The number of nitrogens with one attached hydrogen (secondary N) is 1. The van der Waals surface area contributed by atoms with Gasteiger partial charge in [-0.05, 0) is 12.5 Å². The van der Waals surface area contributed by atoms with Crippen LogP contribution in [0.3, 0.4) is 0 Å². The van der Waals surface area contributed by atoms with E-state index in [4.69, 9.17) is 4.52 Å². The minimum Gasteiger partial charge on any atom is -0.339 e. The van der Waals surface area contributed by atoms with Gasteiger partial charge in [-0.3, -0.25) is 0 Å². The molecule has 2 heterocycles. The summed E-state index contributed by atoms with van der Waals surface area (Å²) in [5.74, 6) is 2.33. The van der Waals surface area contributed by atoms with Crippen LogP contribution in [-0.2, 0) is 0 Å². The SMILES string of the molecule is CC1CNCC1c1nc(-c2ccccc2)no1. The summed E-state index contributed by atoms with van der Waals surface area (Å²) in [5, 5.41) is 7.39. The summed E-state index contributed by atoms with van der Waals surface area (Å²) in [5.41, 5.74) is 1.00. The molecule has 2 unspecified atom stereocenters. The lowest BCUT2D eigenvalue weighted by Crippen LogP contribution is -2.08. The third-order valence-corrected chi connectivity index (χ3v) is 3.31. The molecule has 1 fully saturated rings. The molecule has 17 heavy (non-hydrogen) atoms. The number of hydrogen-bond acceptors (Lipinski definition) is 4. The van der Waals surface area contributed by atoms with Crippen LogP contribution < -0.4 is 5.32 Å². The van der Waals surface area contributed by atoms with Crippen molar-refractivity contribution in [1.82, 2.24) is 15.5 Å². The van der Waals surface area contributed by atoms with Gasteiger partial charge in [0.05, 0.1) is 5.92 Å². The Kier molecular flexibility index (Phi) is 2.65. The summed E-state index contributed by atoms with van der Waals surface area (Å²) in [6.07, 6.45) is 0. The Morgan fingerprint density at radius 3 is 2.76 bits per heavy atom. The van der Waals surface area contributed by atoms with Crippen molar-refractivity contribution in [2.45, 2.75) is 12.8 Å². The third-order valence-electron chi connectivity index (χ3n) is 3.31. The van der Waals surface area contributed by atoms with E-state index in [1.807, 2.05) is 30.3 Å². The first-order valence-electron chi connectivity index (χ1n) is 5.94. The first kappa shape index (κ1) is 10.5. The fourth-order valence-corrected chi connectivity index (χ4v) is 2.23. The number of aromatic nitrogens is 2. The van der Waals surface area contributed by atoms with E-state index in [1.54, 1.807) is 0 Å². The van der Waals surface area contributed by atoms with Crippen LogP contribution in [0.15, 0.2) is 34.9 Å². The Morgan fingerprint density at radius 2 is 2.06 bits per heavy atom. The van der Waals surface area contributed by atoms with E-state index in [2.05, 4.69) is 22.4 Å². The topological polar surface area (TPSA) is 51.0 Å². The van der Waals surface area contributed by atoms with Crippen molar-refractivity contribution in [3.63, 3.8) is 0 Å². The highest BCUT2D eigenvalue weighted by Crippen LogP contribution is 2.27. The molecule has 1 aliphatic heterocycles. The number of rotatable bonds is 2. The highest BCUT2D eigenvalue weighted by atomic mass is 16.5. The largest absolute Gasteiger partial charge is 0.339 e. The van der Waals surface area contributed by atoms with Gasteiger partial charge in [-0.2, -0.15) is 4.98 Å². The Balaban J connectivity index is 1.88. The quantitative estimate of drug-likeness (QED) is 0.856. The predicted octanol–water partition coefficient (Wildman–Crippen LogP) is 2.06. The zero-order chi connectivity index (χ0) is 11.7. The minimum atomic E-state index is 0.347. The zero-order valence-corrected chi connectivity index (χ0v) is 9.76. The summed E-state index contributed by atoms with van der Waals surface area (Å²) < 4.78 is 5.37. The molecule has 4 nitrogen and oxygen atoms in total. The van der Waals surface area contributed by atoms with Crippen LogP contribution in [0.4, 0.5) is 0 Å². The van der Waals surface area contributed by atoms with Crippen molar-refractivity contribution >= 4 is 0 Å². The van der Waals surface area contributed by atoms with Gasteiger partial charge in [-0.1, -0.05) is 42.4 Å². The molecule has 0 aliphatic carbocycles. The first-order chi connectivity index (χ1) is 8.34. The normalized spacial score (nSPS) is 24.1. The second kappa shape index (κ2) is 4.30. The van der Waals surface area contributed by atoms with Gasteiger partial charge < -0.3 is 9.84 Å². The molecular weight excluding hydrogens is 214 g/mol. The van der Waals surface area contributed by atoms with Crippen LogP contribution >= 0.6 is 0 Å². The number of nitrogens with zero attached hydrogens (tertiary/aromatic N) is 2. The van der Waals surface area contributed by atoms with E-state index in [1.165, 1.54) is 0 Å². The van der Waals surface area contributed by atoms with Crippen molar-refractivity contribution < 1.29 is 4.52 Å². The molecule has 2 aromatic rings. The fourth-order valence-electron chi connectivity index (χ4n) is 2.23. The van der Waals surface area contributed by atoms with E-state index in [0.29, 0.717) is 17.7 Å². The molecule has 0 spiro atoms. The Morgan fingerprint density at radius 1 is 1.24 bits per heavy atom. The van der Waals surface area contributed by atoms with Gasteiger partial charge in [-0.25, -0.2) is 0 Å². The van der Waals surface area contributed by atoms with Crippen LogP contribution in [-0.4, -0.2) is 23.2 Å². The van der Waals surface area contributed by atoms with Gasteiger partial charge in [0, 0.05) is 12.1 Å². The van der Waals surface area contributed by atoms with Crippen LogP contribution in [0, 0.1) is 5.92 Å². The van der Waals surface area contributed by atoms with Crippen molar-refractivity contribution in [3.8, 4) is 11.4 Å². The summed E-state index contributed by atoms with van der Waals surface area (Å²) in [7, 11) is 0. The van der Waals surface area contributed by atoms with Gasteiger partial charge in [-0.15, -0.1) is 0 Å². The molecule has 4 heteroatoms. The second-order valence-electron chi connectivity index (χ2n) is 4.56. The summed E-state index contributed by atoms with van der Waals surface area (Å²) >= 11 is 0. The van der Waals surface area contributed by atoms with Gasteiger partial charge in [0.15, 0.2) is 0 Å². The van der Waals surface area contributed by atoms with Crippen molar-refractivity contribution in [3.05, 3.63) is 36.2 Å². The Bertz CT molecular complexity index is 494. The van der Waals surface area contributed by atoms with Gasteiger partial charge in [0.2, 0.25) is 11.7 Å². The molecule has 0 radical (unpaired) electrons. The Hall–Kier alpha value is -1.68. The second-order valence-corrected chi connectivity index (χ2v) is 4.56. The average Bonchev–Trinajstić information content (AvgIpc) is 2.98. The van der Waals surface area contributed by atoms with Crippen molar-refractivity contribution in [2.75, 3.05) is 13.1 Å². The molecule has 1 aromatic heterocycles. The molecule has 88 valence electrons. The molecule has 1 aliphatic rings. The molecule has 1 saturated heterocycles. The lowest BCUT2D eigenvalue weighted by atomic mass is 9.98. The van der Waals surface area contributed by atoms with Gasteiger partial charge in [0.25, 0.3) is 0 Å². The predicted molar refractivity (Wildman–Crippen MR) is 64.5 cm³/mol. The van der Waals surface area contributed by atoms with E-state index >= 15 is 0 Å². The van der Waals surface area contributed by atoms with Crippen LogP contribution in [0.5, 0.6) is 0 Å². The maximum absolute atomic E-state index is 5.37. The van der Waals surface area contributed by atoms with Crippen molar-refractivity contribution in [2.24, 2.45) is 5.92 Å². The van der Waals surface area contributed by atoms with Crippen LogP contribution in [0.25, 0.3) is 11.4 Å². The highest BCUT2D eigenvalue weighted by Gasteiger charge is 2.29. The maximum atomic E-state index is 5.37. The van der Waals surface area contributed by atoms with Crippen LogP contribution in [0.1, 0.15) is 18.7 Å². The molecule has 1 aromatic carbocycles. The molecular formula is C13H15N3O. The average molecular weight is 229 g/mol. The fraction of sp³-hybridized carbons (Fsp3) is 0.385. The Labute approximate surface area is 100 Å². The van der Waals surface area contributed by atoms with Gasteiger partial charge in [0.1, 0.15) is 0 Å². The number of hydrogen-bond donors (Lipinski definition) is 1. The van der Waals surface area contributed by atoms with E-state index in [9.17, 15) is 0 Å². The lowest BCUT2D eigenvalue weighted by molar-refractivity contribution is 0.340. The molecule has 0 amide bonds. The molecule has 1 N–H and O–H groups in total. The first-order valence-corrected chi connectivity index (χ1v) is 5.94. The lowest BCUT2D eigenvalue weighted by Gasteiger charge is -2.07. The summed E-state index contributed by atoms with van der Waals surface area (Å²) in [6.45, 7) is 4.16. The number of benzene rings is 1. The summed E-state index contributed by atoms with van der Waals surface area (Å²) in [6, 6.07) is 9.92. The summed E-state index contributed by atoms with van der Waals surface area (Å²) in [4.78, 5) is 4.50. The van der Waals surface area contributed by atoms with E-state index in [0.717, 1.165) is 24.5 Å². The van der Waals surface area contributed by atoms with Crippen molar-refractivity contribution in [1.29, 1.82) is 0 Å².